The minimum Gasteiger partial charge on any atom is -0.338 e. The van der Waals surface area contributed by atoms with E-state index in [1.54, 1.807) is 0 Å². The van der Waals surface area contributed by atoms with Crippen molar-refractivity contribution < 1.29 is 4.52 Å². The average molecular weight is 303 g/mol. The quantitative estimate of drug-likeness (QED) is 0.821. The van der Waals surface area contributed by atoms with Gasteiger partial charge in [-0.2, -0.15) is 4.98 Å². The van der Waals surface area contributed by atoms with E-state index in [0.717, 1.165) is 50.0 Å². The fourth-order valence-electron chi connectivity index (χ4n) is 3.07. The van der Waals surface area contributed by atoms with Gasteiger partial charge in [-0.05, 0) is 32.7 Å². The van der Waals surface area contributed by atoms with E-state index in [2.05, 4.69) is 38.4 Å². The van der Waals surface area contributed by atoms with Crippen LogP contribution < -0.4 is 0 Å². The second-order valence-electron chi connectivity index (χ2n) is 6.36. The van der Waals surface area contributed by atoms with Gasteiger partial charge in [0.05, 0.1) is 6.04 Å². The maximum absolute atomic E-state index is 5.49. The fourth-order valence-corrected chi connectivity index (χ4v) is 3.07. The third-order valence-electron chi connectivity index (χ3n) is 4.39. The van der Waals surface area contributed by atoms with Gasteiger partial charge < -0.3 is 9.09 Å². The lowest BCUT2D eigenvalue weighted by atomic mass is 10.2. The van der Waals surface area contributed by atoms with Gasteiger partial charge in [-0.3, -0.25) is 4.90 Å². The van der Waals surface area contributed by atoms with Crippen molar-refractivity contribution in [2.45, 2.75) is 58.5 Å². The summed E-state index contributed by atoms with van der Waals surface area (Å²) in [6, 6.07) is 0.295. The molecule has 3 rings (SSSR count). The number of hydrogen-bond donors (Lipinski definition) is 0. The first kappa shape index (κ1) is 15.2. The first-order chi connectivity index (χ1) is 10.6. The molecule has 0 radical (unpaired) electrons. The van der Waals surface area contributed by atoms with Crippen LogP contribution in [-0.4, -0.2) is 37.7 Å². The Bertz CT molecular complexity index is 603. The predicted molar refractivity (Wildman–Crippen MR) is 83.5 cm³/mol. The third kappa shape index (κ3) is 3.21. The summed E-state index contributed by atoms with van der Waals surface area (Å²) in [4.78, 5) is 11.3. The van der Waals surface area contributed by atoms with Crippen molar-refractivity contribution in [2.75, 3.05) is 13.1 Å². The monoisotopic (exact) mass is 303 g/mol. The Hall–Kier alpha value is -1.69. The molecule has 1 saturated heterocycles. The van der Waals surface area contributed by atoms with Crippen LogP contribution in [0, 0.1) is 6.92 Å². The molecular formula is C16H25N5O. The van der Waals surface area contributed by atoms with E-state index in [0.29, 0.717) is 12.0 Å². The number of rotatable bonds is 6. The highest BCUT2D eigenvalue weighted by Gasteiger charge is 2.30. The van der Waals surface area contributed by atoms with Crippen LogP contribution in [0.15, 0.2) is 16.9 Å². The number of hydrogen-bond acceptors (Lipinski definition) is 5. The normalized spacial score (nSPS) is 19.4. The third-order valence-corrected chi connectivity index (χ3v) is 4.39. The number of nitrogens with zero attached hydrogens (tertiary/aromatic N) is 5. The molecule has 1 aliphatic rings. The zero-order chi connectivity index (χ0) is 15.5. The standard InChI is InChI=1S/C16H25N5O/c1-12(2)15-18-16(22-19-15)14-6-4-8-21(14)10-5-9-20-11-7-17-13(20)3/h7,11-12,14H,4-6,8-10H2,1-3H3/t14-/m1/s1. The van der Waals surface area contributed by atoms with Crippen molar-refractivity contribution in [3.05, 3.63) is 29.9 Å². The molecule has 2 aromatic rings. The van der Waals surface area contributed by atoms with Crippen LogP contribution in [0.2, 0.25) is 0 Å². The van der Waals surface area contributed by atoms with Crippen molar-refractivity contribution in [3.63, 3.8) is 0 Å². The van der Waals surface area contributed by atoms with Gasteiger partial charge in [0, 0.05) is 31.4 Å². The molecule has 0 bridgehead atoms. The van der Waals surface area contributed by atoms with Crippen LogP contribution in [0.25, 0.3) is 0 Å². The molecule has 0 unspecified atom stereocenters. The van der Waals surface area contributed by atoms with E-state index in [4.69, 9.17) is 4.52 Å². The average Bonchev–Trinajstić information content (AvgIpc) is 3.19. The highest BCUT2D eigenvalue weighted by molar-refractivity contribution is 4.99. The topological polar surface area (TPSA) is 60.0 Å². The largest absolute Gasteiger partial charge is 0.338 e. The molecule has 0 aliphatic carbocycles. The summed E-state index contributed by atoms with van der Waals surface area (Å²) in [7, 11) is 0. The van der Waals surface area contributed by atoms with E-state index >= 15 is 0 Å². The van der Waals surface area contributed by atoms with Gasteiger partial charge in [-0.15, -0.1) is 0 Å². The Balaban J connectivity index is 1.57. The number of likely N-dealkylation sites (tertiary alicyclic amines) is 1. The Kier molecular flexibility index (Phi) is 4.57. The lowest BCUT2D eigenvalue weighted by Crippen LogP contribution is -2.25. The zero-order valence-electron chi connectivity index (χ0n) is 13.7. The van der Waals surface area contributed by atoms with Crippen molar-refractivity contribution >= 4 is 0 Å². The van der Waals surface area contributed by atoms with E-state index in [1.807, 2.05) is 19.3 Å². The number of aromatic nitrogens is 4. The molecule has 1 fully saturated rings. The van der Waals surface area contributed by atoms with Crippen LogP contribution in [-0.2, 0) is 6.54 Å². The molecule has 6 heteroatoms. The van der Waals surface area contributed by atoms with Gasteiger partial charge >= 0.3 is 0 Å². The van der Waals surface area contributed by atoms with Gasteiger partial charge in [-0.1, -0.05) is 19.0 Å². The first-order valence-electron chi connectivity index (χ1n) is 8.20. The van der Waals surface area contributed by atoms with Crippen molar-refractivity contribution in [3.8, 4) is 0 Å². The van der Waals surface area contributed by atoms with Gasteiger partial charge in [0.15, 0.2) is 5.82 Å². The Labute approximate surface area is 131 Å². The highest BCUT2D eigenvalue weighted by Crippen LogP contribution is 2.31. The van der Waals surface area contributed by atoms with Gasteiger partial charge in [0.1, 0.15) is 5.82 Å². The Morgan fingerprint density at radius 2 is 2.23 bits per heavy atom. The van der Waals surface area contributed by atoms with Crippen LogP contribution in [0.5, 0.6) is 0 Å². The van der Waals surface area contributed by atoms with E-state index in [-0.39, 0.29) is 0 Å². The molecule has 0 spiro atoms. The van der Waals surface area contributed by atoms with Crippen LogP contribution in [0.1, 0.15) is 62.6 Å². The molecule has 0 amide bonds. The molecule has 3 heterocycles. The summed E-state index contributed by atoms with van der Waals surface area (Å²) < 4.78 is 7.70. The van der Waals surface area contributed by atoms with Crippen molar-refractivity contribution in [2.24, 2.45) is 0 Å². The minimum atomic E-state index is 0.295. The molecule has 0 aromatic carbocycles. The molecule has 6 nitrogen and oxygen atoms in total. The Morgan fingerprint density at radius 3 is 2.91 bits per heavy atom. The molecular weight excluding hydrogens is 278 g/mol. The molecule has 1 aliphatic heterocycles. The molecule has 0 saturated carbocycles. The van der Waals surface area contributed by atoms with E-state index in [9.17, 15) is 0 Å². The fraction of sp³-hybridized carbons (Fsp3) is 0.688. The van der Waals surface area contributed by atoms with E-state index < -0.39 is 0 Å². The van der Waals surface area contributed by atoms with Crippen LogP contribution >= 0.6 is 0 Å². The predicted octanol–water partition coefficient (Wildman–Crippen LogP) is 2.93. The van der Waals surface area contributed by atoms with Crippen molar-refractivity contribution in [1.29, 1.82) is 0 Å². The maximum atomic E-state index is 5.49. The smallest absolute Gasteiger partial charge is 0.244 e. The molecule has 22 heavy (non-hydrogen) atoms. The van der Waals surface area contributed by atoms with Gasteiger partial charge in [0.25, 0.3) is 0 Å². The molecule has 120 valence electrons. The Morgan fingerprint density at radius 1 is 1.36 bits per heavy atom. The van der Waals surface area contributed by atoms with Crippen LogP contribution in [0.3, 0.4) is 0 Å². The van der Waals surface area contributed by atoms with Crippen LogP contribution in [0.4, 0.5) is 0 Å². The molecule has 0 N–H and O–H groups in total. The number of imidazole rings is 1. The summed E-state index contributed by atoms with van der Waals surface area (Å²) in [6.45, 7) is 9.42. The lowest BCUT2D eigenvalue weighted by Gasteiger charge is -2.21. The highest BCUT2D eigenvalue weighted by atomic mass is 16.5. The second-order valence-corrected chi connectivity index (χ2v) is 6.36. The second kappa shape index (κ2) is 6.60. The summed E-state index contributed by atoms with van der Waals surface area (Å²) >= 11 is 0. The van der Waals surface area contributed by atoms with Gasteiger partial charge in [0.2, 0.25) is 5.89 Å². The summed E-state index contributed by atoms with van der Waals surface area (Å²) in [5.41, 5.74) is 0. The maximum Gasteiger partial charge on any atom is 0.244 e. The van der Waals surface area contributed by atoms with Gasteiger partial charge in [-0.25, -0.2) is 4.98 Å². The SMILES string of the molecule is Cc1nccn1CCCN1CCC[C@@H]1c1nc(C(C)C)no1. The lowest BCUT2D eigenvalue weighted by molar-refractivity contribution is 0.203. The first-order valence-corrected chi connectivity index (χ1v) is 8.20. The summed E-state index contributed by atoms with van der Waals surface area (Å²) in [5.74, 6) is 3.00. The number of aryl methyl sites for hydroxylation is 2. The summed E-state index contributed by atoms with van der Waals surface area (Å²) in [6.07, 6.45) is 7.33. The van der Waals surface area contributed by atoms with Crippen molar-refractivity contribution in [1.82, 2.24) is 24.6 Å². The summed E-state index contributed by atoms with van der Waals surface area (Å²) in [5, 5.41) is 4.10. The van der Waals surface area contributed by atoms with E-state index in [1.165, 1.54) is 6.42 Å². The zero-order valence-corrected chi connectivity index (χ0v) is 13.7. The molecule has 2 aromatic heterocycles. The molecule has 1 atom stereocenters. The minimum absolute atomic E-state index is 0.295.